The standard InChI is InChI=1S/C8H14N2O2S2/c1-8(14-4)7(12)9-5(13-3)6(11)10(8)2/h5H,1-4H3,(H,9,12)/t5-,8+/m1/s1. The topological polar surface area (TPSA) is 49.4 Å². The van der Waals surface area contributed by atoms with Crippen LogP contribution in [-0.4, -0.2) is 46.5 Å². The molecule has 0 aromatic carbocycles. The number of hydrogen-bond donors (Lipinski definition) is 1. The van der Waals surface area contributed by atoms with E-state index in [0.29, 0.717) is 0 Å². The fourth-order valence-corrected chi connectivity index (χ4v) is 2.44. The van der Waals surface area contributed by atoms with Crippen LogP contribution in [0.15, 0.2) is 0 Å². The van der Waals surface area contributed by atoms with Crippen molar-refractivity contribution in [2.24, 2.45) is 0 Å². The third kappa shape index (κ3) is 1.61. The molecule has 4 nitrogen and oxygen atoms in total. The minimum atomic E-state index is -0.774. The van der Waals surface area contributed by atoms with Crippen LogP contribution in [0.5, 0.6) is 0 Å². The molecule has 6 heteroatoms. The highest BCUT2D eigenvalue weighted by atomic mass is 32.2. The second-order valence-electron chi connectivity index (χ2n) is 3.17. The predicted octanol–water partition coefficient (Wildman–Crippen LogP) is 0.343. The fourth-order valence-electron chi connectivity index (χ4n) is 1.24. The molecule has 80 valence electrons. The molecule has 1 rings (SSSR count). The quantitative estimate of drug-likeness (QED) is 0.749. The molecule has 0 unspecified atom stereocenters. The van der Waals surface area contributed by atoms with E-state index >= 15 is 0 Å². The lowest BCUT2D eigenvalue weighted by molar-refractivity contribution is -0.146. The van der Waals surface area contributed by atoms with Gasteiger partial charge in [-0.15, -0.1) is 23.5 Å². The Morgan fingerprint density at radius 2 is 2.00 bits per heavy atom. The zero-order valence-electron chi connectivity index (χ0n) is 8.66. The molecule has 0 bridgehead atoms. The highest BCUT2D eigenvalue weighted by Crippen LogP contribution is 2.31. The third-order valence-corrected chi connectivity index (χ3v) is 4.56. The van der Waals surface area contributed by atoms with Gasteiger partial charge in [-0.05, 0) is 19.4 Å². The molecule has 1 aliphatic heterocycles. The summed E-state index contributed by atoms with van der Waals surface area (Å²) in [5.74, 6) is -0.152. The van der Waals surface area contributed by atoms with Crippen LogP contribution >= 0.6 is 23.5 Å². The second kappa shape index (κ2) is 4.02. The average Bonchev–Trinajstić information content (AvgIpc) is 2.20. The SMILES string of the molecule is CS[C@H]1NC(=O)[C@](C)(SC)N(C)C1=O. The number of rotatable bonds is 2. The molecule has 0 aromatic heterocycles. The van der Waals surface area contributed by atoms with Crippen LogP contribution in [0.1, 0.15) is 6.92 Å². The first-order valence-corrected chi connectivity index (χ1v) is 6.65. The number of thioether (sulfide) groups is 2. The molecular weight excluding hydrogens is 220 g/mol. The maximum absolute atomic E-state index is 11.8. The number of amides is 2. The number of likely N-dealkylation sites (N-methyl/N-ethyl adjacent to an activating group) is 1. The molecule has 2 amide bonds. The van der Waals surface area contributed by atoms with Crippen molar-refractivity contribution in [3.05, 3.63) is 0 Å². The summed E-state index contributed by atoms with van der Waals surface area (Å²) in [5, 5.41) is 2.26. The van der Waals surface area contributed by atoms with Crippen molar-refractivity contribution < 1.29 is 9.59 Å². The van der Waals surface area contributed by atoms with E-state index in [1.54, 1.807) is 20.2 Å². The highest BCUT2D eigenvalue weighted by Gasteiger charge is 2.46. The van der Waals surface area contributed by atoms with Gasteiger partial charge in [0.1, 0.15) is 0 Å². The van der Waals surface area contributed by atoms with Crippen LogP contribution in [0.3, 0.4) is 0 Å². The van der Waals surface area contributed by atoms with Crippen molar-refractivity contribution in [3.63, 3.8) is 0 Å². The molecule has 0 spiro atoms. The summed E-state index contributed by atoms with van der Waals surface area (Å²) in [6.07, 6.45) is 3.63. The Labute approximate surface area is 92.2 Å². The van der Waals surface area contributed by atoms with Crippen molar-refractivity contribution >= 4 is 35.3 Å². The molecule has 0 aliphatic carbocycles. The van der Waals surface area contributed by atoms with Crippen LogP contribution in [-0.2, 0) is 9.59 Å². The molecule has 1 saturated heterocycles. The molecule has 1 N–H and O–H groups in total. The highest BCUT2D eigenvalue weighted by molar-refractivity contribution is 8.01. The van der Waals surface area contributed by atoms with Crippen molar-refractivity contribution in [2.45, 2.75) is 17.2 Å². The number of carbonyl (C=O) groups excluding carboxylic acids is 2. The first-order valence-electron chi connectivity index (χ1n) is 4.14. The maximum atomic E-state index is 11.8. The van der Waals surface area contributed by atoms with Gasteiger partial charge in [-0.25, -0.2) is 0 Å². The van der Waals surface area contributed by atoms with Crippen molar-refractivity contribution in [1.82, 2.24) is 10.2 Å². The molecule has 1 heterocycles. The van der Waals surface area contributed by atoms with Gasteiger partial charge < -0.3 is 10.2 Å². The van der Waals surface area contributed by atoms with Gasteiger partial charge >= 0.3 is 0 Å². The summed E-state index contributed by atoms with van der Waals surface area (Å²) in [6, 6.07) is 0. The van der Waals surface area contributed by atoms with E-state index < -0.39 is 10.2 Å². The summed E-state index contributed by atoms with van der Waals surface area (Å²) in [4.78, 5) is 24.2. The third-order valence-electron chi connectivity index (χ3n) is 2.51. The molecule has 1 fully saturated rings. The number of nitrogens with one attached hydrogen (secondary N) is 1. The number of hydrogen-bond acceptors (Lipinski definition) is 4. The van der Waals surface area contributed by atoms with Gasteiger partial charge in [0.15, 0.2) is 10.2 Å². The Hall–Kier alpha value is -0.360. The minimum Gasteiger partial charge on any atom is -0.333 e. The molecule has 0 aromatic rings. The molecule has 0 radical (unpaired) electrons. The first-order chi connectivity index (χ1) is 6.47. The Morgan fingerprint density at radius 3 is 2.43 bits per heavy atom. The Bertz CT molecular complexity index is 270. The summed E-state index contributed by atoms with van der Waals surface area (Å²) in [7, 11) is 1.67. The van der Waals surface area contributed by atoms with Crippen molar-refractivity contribution in [2.75, 3.05) is 19.6 Å². The van der Waals surface area contributed by atoms with E-state index in [1.807, 2.05) is 6.26 Å². The second-order valence-corrected chi connectivity index (χ2v) is 5.32. The number of piperazine rings is 1. The van der Waals surface area contributed by atoms with Gasteiger partial charge in [-0.3, -0.25) is 9.59 Å². The van der Waals surface area contributed by atoms with Crippen LogP contribution in [0.25, 0.3) is 0 Å². The Kier molecular flexibility index (Phi) is 3.36. The van der Waals surface area contributed by atoms with Crippen molar-refractivity contribution in [1.29, 1.82) is 0 Å². The zero-order chi connectivity index (χ0) is 10.9. The number of carbonyl (C=O) groups is 2. The van der Waals surface area contributed by atoms with E-state index in [4.69, 9.17) is 0 Å². The summed E-state index contributed by atoms with van der Waals surface area (Å²) in [6.45, 7) is 1.75. The van der Waals surface area contributed by atoms with Crippen LogP contribution in [0.4, 0.5) is 0 Å². The van der Waals surface area contributed by atoms with E-state index in [2.05, 4.69) is 5.32 Å². The lowest BCUT2D eigenvalue weighted by Crippen LogP contribution is -2.65. The average molecular weight is 234 g/mol. The molecule has 2 atom stereocenters. The molecular formula is C8H14N2O2S2. The largest absolute Gasteiger partial charge is 0.333 e. The van der Waals surface area contributed by atoms with Gasteiger partial charge in [-0.2, -0.15) is 0 Å². The predicted molar refractivity (Wildman–Crippen MR) is 60.1 cm³/mol. The molecule has 14 heavy (non-hydrogen) atoms. The lowest BCUT2D eigenvalue weighted by atomic mass is 10.2. The zero-order valence-corrected chi connectivity index (χ0v) is 10.3. The van der Waals surface area contributed by atoms with E-state index in [9.17, 15) is 9.59 Å². The van der Waals surface area contributed by atoms with E-state index in [-0.39, 0.29) is 11.8 Å². The lowest BCUT2D eigenvalue weighted by Gasteiger charge is -2.42. The summed E-state index contributed by atoms with van der Waals surface area (Å²) >= 11 is 2.70. The number of nitrogens with zero attached hydrogens (tertiary/aromatic N) is 1. The summed E-state index contributed by atoms with van der Waals surface area (Å²) in [5.41, 5.74) is 0. The first kappa shape index (κ1) is 11.7. The van der Waals surface area contributed by atoms with Crippen LogP contribution in [0, 0.1) is 0 Å². The van der Waals surface area contributed by atoms with Gasteiger partial charge in [0.05, 0.1) is 0 Å². The van der Waals surface area contributed by atoms with Gasteiger partial charge in [0.2, 0.25) is 0 Å². The maximum Gasteiger partial charge on any atom is 0.257 e. The molecule has 1 aliphatic rings. The van der Waals surface area contributed by atoms with Crippen LogP contribution in [0.2, 0.25) is 0 Å². The minimum absolute atomic E-state index is 0.0473. The monoisotopic (exact) mass is 234 g/mol. The van der Waals surface area contributed by atoms with Gasteiger partial charge in [0, 0.05) is 7.05 Å². The van der Waals surface area contributed by atoms with E-state index in [1.165, 1.54) is 28.4 Å². The normalized spacial score (nSPS) is 33.1. The molecule has 0 saturated carbocycles. The van der Waals surface area contributed by atoms with Gasteiger partial charge in [-0.1, -0.05) is 0 Å². The smallest absolute Gasteiger partial charge is 0.257 e. The Balaban J connectivity index is 2.96. The van der Waals surface area contributed by atoms with Crippen LogP contribution < -0.4 is 5.32 Å². The van der Waals surface area contributed by atoms with Crippen molar-refractivity contribution in [3.8, 4) is 0 Å². The van der Waals surface area contributed by atoms with E-state index in [0.717, 1.165) is 0 Å². The fraction of sp³-hybridized carbons (Fsp3) is 0.750. The Morgan fingerprint density at radius 1 is 1.43 bits per heavy atom. The van der Waals surface area contributed by atoms with Gasteiger partial charge in [0.25, 0.3) is 11.8 Å². The summed E-state index contributed by atoms with van der Waals surface area (Å²) < 4.78 is 0.